The third-order valence-corrected chi connectivity index (χ3v) is 3.34. The third kappa shape index (κ3) is 4.11. The van der Waals surface area contributed by atoms with Gasteiger partial charge in [-0.2, -0.15) is 4.98 Å². The summed E-state index contributed by atoms with van der Waals surface area (Å²) >= 11 is 0. The van der Waals surface area contributed by atoms with Gasteiger partial charge in [-0.1, -0.05) is 7.43 Å². The summed E-state index contributed by atoms with van der Waals surface area (Å²) in [7, 11) is -4.99. The van der Waals surface area contributed by atoms with Crippen LogP contribution in [0.1, 0.15) is 13.7 Å². The van der Waals surface area contributed by atoms with Crippen LogP contribution in [0.3, 0.4) is 0 Å². The van der Waals surface area contributed by atoms with Crippen LogP contribution in [-0.4, -0.2) is 49.6 Å². The molecule has 5 atom stereocenters. The van der Waals surface area contributed by atoms with E-state index in [-0.39, 0.29) is 13.2 Å². The molecule has 11 nitrogen and oxygen atoms in total. The van der Waals surface area contributed by atoms with Crippen molar-refractivity contribution in [2.45, 2.75) is 32.0 Å². The van der Waals surface area contributed by atoms with Crippen molar-refractivity contribution in [3.05, 3.63) is 22.7 Å². The highest BCUT2D eigenvalue weighted by molar-refractivity contribution is 7.44. The van der Waals surface area contributed by atoms with E-state index < -0.39 is 44.7 Å². The van der Waals surface area contributed by atoms with Crippen molar-refractivity contribution in [3.8, 4) is 0 Å². The van der Waals surface area contributed by atoms with Gasteiger partial charge < -0.3 is 35.0 Å². The minimum atomic E-state index is -4.99. The van der Waals surface area contributed by atoms with Gasteiger partial charge in [-0.25, -0.2) is 4.79 Å². The zero-order chi connectivity index (χ0) is 15.8. The van der Waals surface area contributed by atoms with E-state index in [0.29, 0.717) is 0 Å². The predicted molar refractivity (Wildman–Crippen MR) is 71.3 cm³/mol. The number of aliphatic hydroxyl groups is 2. The summed E-state index contributed by atoms with van der Waals surface area (Å²) < 4.78 is 20.7. The Balaban J connectivity index is 0.00000242. The largest absolute Gasteiger partial charge is 0.756 e. The van der Waals surface area contributed by atoms with Gasteiger partial charge in [0.1, 0.15) is 24.1 Å². The molecule has 0 saturated carbocycles. The smallest absolute Gasteiger partial charge is 0.351 e. The number of phosphoric acid groups is 1. The van der Waals surface area contributed by atoms with Crippen molar-refractivity contribution in [3.63, 3.8) is 0 Å². The maximum atomic E-state index is 11.6. The molecule has 0 amide bonds. The lowest BCUT2D eigenvalue weighted by atomic mass is 10.1. The van der Waals surface area contributed by atoms with Gasteiger partial charge >= 0.3 is 5.69 Å². The number of ether oxygens (including phenoxy) is 1. The van der Waals surface area contributed by atoms with E-state index in [4.69, 9.17) is 15.4 Å². The molecule has 22 heavy (non-hydrogen) atoms. The summed E-state index contributed by atoms with van der Waals surface area (Å²) in [6.07, 6.45) is -4.39. The normalized spacial score (nSPS) is 30.5. The summed E-state index contributed by atoms with van der Waals surface area (Å²) in [5.74, 6) is -0.0308. The molecule has 2 unspecified atom stereocenters. The number of aromatic nitrogens is 2. The van der Waals surface area contributed by atoms with Crippen LogP contribution in [0.4, 0.5) is 5.82 Å². The molecule has 1 aromatic rings. The zero-order valence-corrected chi connectivity index (χ0v) is 11.4. The minimum Gasteiger partial charge on any atom is -0.756 e. The molecule has 126 valence electrons. The fraction of sp³-hybridized carbons (Fsp3) is 0.600. The molecular formula is C10H17N3O8P-. The number of aliphatic hydroxyl groups excluding tert-OH is 2. The van der Waals surface area contributed by atoms with Crippen LogP contribution in [0.15, 0.2) is 17.1 Å². The molecule has 0 aliphatic carbocycles. The number of nitrogens with two attached hydrogens (primary N) is 1. The van der Waals surface area contributed by atoms with E-state index in [2.05, 4.69) is 9.51 Å². The van der Waals surface area contributed by atoms with Gasteiger partial charge in [0.15, 0.2) is 6.23 Å². The molecule has 1 saturated heterocycles. The van der Waals surface area contributed by atoms with E-state index in [1.54, 1.807) is 0 Å². The Labute approximate surface area is 125 Å². The highest BCUT2D eigenvalue weighted by atomic mass is 31.2. The Morgan fingerprint density at radius 1 is 1.50 bits per heavy atom. The Morgan fingerprint density at radius 3 is 2.68 bits per heavy atom. The average Bonchev–Trinajstić information content (AvgIpc) is 2.64. The first-order valence-corrected chi connectivity index (χ1v) is 7.23. The van der Waals surface area contributed by atoms with Crippen LogP contribution in [0.2, 0.25) is 0 Å². The second kappa shape index (κ2) is 6.84. The molecule has 1 fully saturated rings. The first kappa shape index (κ1) is 18.7. The van der Waals surface area contributed by atoms with Crippen LogP contribution >= 0.6 is 7.82 Å². The topological polar surface area (TPSA) is 180 Å². The van der Waals surface area contributed by atoms with E-state index >= 15 is 0 Å². The highest BCUT2D eigenvalue weighted by Gasteiger charge is 2.44. The van der Waals surface area contributed by atoms with Gasteiger partial charge in [0.05, 0.1) is 6.61 Å². The molecule has 0 spiro atoms. The molecule has 2 heterocycles. The van der Waals surface area contributed by atoms with Gasteiger partial charge in [0.2, 0.25) is 0 Å². The number of nitrogens with zero attached hydrogens (tertiary/aromatic N) is 2. The standard InChI is InChI=1S/C9H14N3O8P.CH4/c10-5-1-2-12(9(15)11-5)8-7(14)6(13)4(20-8)3-19-21(16,17)18;/h1-2,4,6-8,13-14H,3H2,(H2,10,11,15)(H2,16,17,18);1H4/p-1/t4-,6+,7?,8-;/m1./s1. The summed E-state index contributed by atoms with van der Waals surface area (Å²) in [6.45, 7) is -0.719. The lowest BCUT2D eigenvalue weighted by molar-refractivity contribution is -0.222. The van der Waals surface area contributed by atoms with E-state index in [9.17, 15) is 24.5 Å². The van der Waals surface area contributed by atoms with Crippen LogP contribution in [0.25, 0.3) is 0 Å². The molecular weight excluding hydrogens is 321 g/mol. The van der Waals surface area contributed by atoms with Crippen molar-refractivity contribution in [2.24, 2.45) is 0 Å². The molecule has 1 aromatic heterocycles. The van der Waals surface area contributed by atoms with Gasteiger partial charge in [-0.3, -0.25) is 9.13 Å². The van der Waals surface area contributed by atoms with E-state index in [1.807, 2.05) is 0 Å². The first-order valence-electron chi connectivity index (χ1n) is 5.73. The van der Waals surface area contributed by atoms with Crippen LogP contribution in [-0.2, 0) is 13.8 Å². The summed E-state index contributed by atoms with van der Waals surface area (Å²) in [5.41, 5.74) is 4.50. The monoisotopic (exact) mass is 338 g/mol. The third-order valence-electron chi connectivity index (χ3n) is 2.86. The molecule has 0 radical (unpaired) electrons. The quantitative estimate of drug-likeness (QED) is 0.430. The molecule has 1 aliphatic rings. The fourth-order valence-corrected chi connectivity index (χ4v) is 2.22. The molecule has 1 aliphatic heterocycles. The highest BCUT2D eigenvalue weighted by Crippen LogP contribution is 2.34. The lowest BCUT2D eigenvalue weighted by Gasteiger charge is -2.20. The van der Waals surface area contributed by atoms with Crippen molar-refractivity contribution in [1.82, 2.24) is 9.55 Å². The molecule has 0 bridgehead atoms. The maximum absolute atomic E-state index is 11.6. The maximum Gasteiger partial charge on any atom is 0.351 e. The van der Waals surface area contributed by atoms with Crippen LogP contribution in [0, 0.1) is 0 Å². The van der Waals surface area contributed by atoms with Gasteiger partial charge in [-0.05, 0) is 6.07 Å². The Kier molecular flexibility index (Phi) is 5.82. The molecule has 2 rings (SSSR count). The summed E-state index contributed by atoms with van der Waals surface area (Å²) in [4.78, 5) is 34.1. The number of phosphoric ester groups is 1. The first-order chi connectivity index (χ1) is 9.69. The lowest BCUT2D eigenvalue weighted by Crippen LogP contribution is -2.36. The molecule has 12 heteroatoms. The minimum absolute atomic E-state index is 0. The van der Waals surface area contributed by atoms with Crippen molar-refractivity contribution in [1.29, 1.82) is 0 Å². The molecule has 0 aromatic carbocycles. The SMILES string of the molecule is C.Nc1ccn([C@@H]2O[C@H](COP(=O)([O-])O)[C@H](O)C2O)c(=O)n1. The predicted octanol–water partition coefficient (Wildman–Crippen LogP) is -2.44. The summed E-state index contributed by atoms with van der Waals surface area (Å²) in [6, 6.07) is 1.28. The van der Waals surface area contributed by atoms with Gasteiger partial charge in [0, 0.05) is 6.20 Å². The van der Waals surface area contributed by atoms with Gasteiger partial charge in [-0.15, -0.1) is 0 Å². The van der Waals surface area contributed by atoms with Gasteiger partial charge in [0.25, 0.3) is 7.82 Å². The Bertz CT molecular complexity index is 616. The van der Waals surface area contributed by atoms with Crippen molar-refractivity contribution >= 4 is 13.6 Å². The average molecular weight is 338 g/mol. The number of hydrogen-bond acceptors (Lipinski definition) is 9. The Hall–Kier alpha value is -1.33. The zero-order valence-electron chi connectivity index (χ0n) is 10.5. The number of nitrogen functional groups attached to an aromatic ring is 1. The second-order valence-electron chi connectivity index (χ2n) is 4.35. The number of anilines is 1. The van der Waals surface area contributed by atoms with Crippen LogP contribution in [0.5, 0.6) is 0 Å². The summed E-state index contributed by atoms with van der Waals surface area (Å²) in [5, 5.41) is 19.6. The number of rotatable bonds is 4. The molecule has 5 N–H and O–H groups in total. The van der Waals surface area contributed by atoms with Crippen molar-refractivity contribution < 1.29 is 33.8 Å². The van der Waals surface area contributed by atoms with E-state index in [1.165, 1.54) is 12.3 Å². The number of hydrogen-bond donors (Lipinski definition) is 4. The Morgan fingerprint density at radius 2 is 2.14 bits per heavy atom. The van der Waals surface area contributed by atoms with Crippen molar-refractivity contribution in [2.75, 3.05) is 12.3 Å². The fourth-order valence-electron chi connectivity index (χ4n) is 1.88. The second-order valence-corrected chi connectivity index (χ2v) is 5.55. The van der Waals surface area contributed by atoms with Crippen LogP contribution < -0.4 is 16.3 Å². The van der Waals surface area contributed by atoms with E-state index in [0.717, 1.165) is 4.57 Å².